The molecule has 0 aliphatic rings. The van der Waals surface area contributed by atoms with Gasteiger partial charge in [0.1, 0.15) is 0 Å². The molecule has 1 aromatic rings. The monoisotopic (exact) mass is 194 g/mol. The maximum atomic E-state index is 4.18. The van der Waals surface area contributed by atoms with Crippen molar-refractivity contribution in [3.8, 4) is 0 Å². The quantitative estimate of drug-likeness (QED) is 0.742. The fourth-order valence-corrected chi connectivity index (χ4v) is 1.01. The molecule has 0 fully saturated rings. The molecule has 1 N–H and O–H groups in total. The zero-order chi connectivity index (χ0) is 10.4. The second kappa shape index (κ2) is 5.67. The fraction of sp³-hybridized carbons (Fsp3) is 0.600. The van der Waals surface area contributed by atoms with Crippen LogP contribution >= 0.6 is 0 Å². The molecule has 1 heterocycles. The minimum atomic E-state index is 0.534. The first kappa shape index (κ1) is 11.1. The van der Waals surface area contributed by atoms with Crippen molar-refractivity contribution in [3.63, 3.8) is 0 Å². The van der Waals surface area contributed by atoms with E-state index >= 15 is 0 Å². The van der Waals surface area contributed by atoms with Crippen LogP contribution in [0.25, 0.3) is 0 Å². The molecule has 78 valence electrons. The van der Waals surface area contributed by atoms with E-state index in [9.17, 15) is 0 Å². The molecule has 0 amide bonds. The van der Waals surface area contributed by atoms with Gasteiger partial charge in [-0.05, 0) is 21.0 Å². The Kier molecular flexibility index (Phi) is 4.49. The van der Waals surface area contributed by atoms with Crippen LogP contribution < -0.4 is 5.32 Å². The summed E-state index contributed by atoms with van der Waals surface area (Å²) in [5, 5.41) is 3.34. The summed E-state index contributed by atoms with van der Waals surface area (Å²) in [6.07, 6.45) is 5.19. The number of hydrogen-bond acceptors (Lipinski definition) is 4. The third kappa shape index (κ3) is 3.81. The lowest BCUT2D eigenvalue weighted by molar-refractivity contribution is 0.302. The predicted octanol–water partition coefficient (Wildman–Crippen LogP) is 0.516. The summed E-state index contributed by atoms with van der Waals surface area (Å²) < 4.78 is 0. The molecule has 14 heavy (non-hydrogen) atoms. The van der Waals surface area contributed by atoms with E-state index in [-0.39, 0.29) is 0 Å². The SMILES string of the molecule is CC(CNCc1cnccn1)N(C)C. The first-order chi connectivity index (χ1) is 6.70. The average Bonchev–Trinajstić information content (AvgIpc) is 2.19. The predicted molar refractivity (Wildman–Crippen MR) is 56.9 cm³/mol. The van der Waals surface area contributed by atoms with Gasteiger partial charge < -0.3 is 10.2 Å². The van der Waals surface area contributed by atoms with Crippen LogP contribution in [-0.4, -0.2) is 41.5 Å². The molecule has 0 radical (unpaired) electrons. The molecule has 0 aromatic carbocycles. The highest BCUT2D eigenvalue weighted by Gasteiger charge is 2.03. The van der Waals surface area contributed by atoms with Gasteiger partial charge >= 0.3 is 0 Å². The van der Waals surface area contributed by atoms with Crippen LogP contribution in [0.1, 0.15) is 12.6 Å². The molecule has 0 saturated heterocycles. The summed E-state index contributed by atoms with van der Waals surface area (Å²) in [6, 6.07) is 0.534. The molecule has 1 unspecified atom stereocenters. The van der Waals surface area contributed by atoms with E-state index < -0.39 is 0 Å². The summed E-state index contributed by atoms with van der Waals surface area (Å²) in [6.45, 7) is 3.93. The van der Waals surface area contributed by atoms with Crippen molar-refractivity contribution in [2.75, 3.05) is 20.6 Å². The van der Waals surface area contributed by atoms with Crippen LogP contribution in [0.4, 0.5) is 0 Å². The van der Waals surface area contributed by atoms with Crippen molar-refractivity contribution in [3.05, 3.63) is 24.3 Å². The zero-order valence-electron chi connectivity index (χ0n) is 9.07. The fourth-order valence-electron chi connectivity index (χ4n) is 1.01. The second-order valence-corrected chi connectivity index (χ2v) is 3.64. The van der Waals surface area contributed by atoms with E-state index in [0.29, 0.717) is 6.04 Å². The number of likely N-dealkylation sites (N-methyl/N-ethyl adjacent to an activating group) is 1. The highest BCUT2D eigenvalue weighted by Crippen LogP contribution is 1.91. The molecule has 0 spiro atoms. The first-order valence-corrected chi connectivity index (χ1v) is 4.82. The van der Waals surface area contributed by atoms with Gasteiger partial charge in [0.25, 0.3) is 0 Å². The van der Waals surface area contributed by atoms with E-state index in [1.54, 1.807) is 18.6 Å². The summed E-state index contributed by atoms with van der Waals surface area (Å²) in [4.78, 5) is 10.4. The minimum Gasteiger partial charge on any atom is -0.310 e. The van der Waals surface area contributed by atoms with Gasteiger partial charge in [0, 0.05) is 37.7 Å². The lowest BCUT2D eigenvalue weighted by Crippen LogP contribution is -2.35. The molecule has 1 aromatic heterocycles. The minimum absolute atomic E-state index is 0.534. The average molecular weight is 194 g/mol. The molecule has 4 nitrogen and oxygen atoms in total. The summed E-state index contributed by atoms with van der Waals surface area (Å²) >= 11 is 0. The summed E-state index contributed by atoms with van der Waals surface area (Å²) in [5.41, 5.74) is 0.985. The smallest absolute Gasteiger partial charge is 0.0724 e. The van der Waals surface area contributed by atoms with Crippen molar-refractivity contribution < 1.29 is 0 Å². The van der Waals surface area contributed by atoms with Crippen LogP contribution in [-0.2, 0) is 6.54 Å². The molecular weight excluding hydrogens is 176 g/mol. The lowest BCUT2D eigenvalue weighted by Gasteiger charge is -2.19. The van der Waals surface area contributed by atoms with Gasteiger partial charge in [-0.25, -0.2) is 0 Å². The van der Waals surface area contributed by atoms with Crippen molar-refractivity contribution >= 4 is 0 Å². The number of aromatic nitrogens is 2. The van der Waals surface area contributed by atoms with Gasteiger partial charge in [0.2, 0.25) is 0 Å². The Labute approximate surface area is 85.4 Å². The molecule has 1 rings (SSSR count). The standard InChI is InChI=1S/C10H18N4/c1-9(14(2)3)6-12-8-10-7-11-4-5-13-10/h4-5,7,9,12H,6,8H2,1-3H3. The number of hydrogen-bond donors (Lipinski definition) is 1. The zero-order valence-corrected chi connectivity index (χ0v) is 9.07. The molecule has 1 atom stereocenters. The molecule has 0 aliphatic carbocycles. The number of nitrogens with zero attached hydrogens (tertiary/aromatic N) is 3. The van der Waals surface area contributed by atoms with Crippen molar-refractivity contribution in [1.29, 1.82) is 0 Å². The van der Waals surface area contributed by atoms with Gasteiger partial charge in [-0.15, -0.1) is 0 Å². The van der Waals surface area contributed by atoms with Crippen molar-refractivity contribution in [2.24, 2.45) is 0 Å². The van der Waals surface area contributed by atoms with Crippen molar-refractivity contribution in [1.82, 2.24) is 20.2 Å². The maximum absolute atomic E-state index is 4.18. The normalized spacial score (nSPS) is 13.1. The van der Waals surface area contributed by atoms with E-state index in [1.165, 1.54) is 0 Å². The summed E-state index contributed by atoms with van der Waals surface area (Å²) in [7, 11) is 4.16. The Morgan fingerprint density at radius 2 is 2.21 bits per heavy atom. The Morgan fingerprint density at radius 3 is 2.79 bits per heavy atom. The summed E-state index contributed by atoms with van der Waals surface area (Å²) in [5.74, 6) is 0. The van der Waals surface area contributed by atoms with Gasteiger partial charge in [0.15, 0.2) is 0 Å². The Balaban J connectivity index is 2.22. The molecule has 0 bridgehead atoms. The molecular formula is C10H18N4. The highest BCUT2D eigenvalue weighted by molar-refractivity contribution is 4.93. The largest absolute Gasteiger partial charge is 0.310 e. The van der Waals surface area contributed by atoms with Crippen LogP contribution in [0.3, 0.4) is 0 Å². The van der Waals surface area contributed by atoms with Crippen molar-refractivity contribution in [2.45, 2.75) is 19.5 Å². The van der Waals surface area contributed by atoms with Crippen LogP contribution in [0, 0.1) is 0 Å². The topological polar surface area (TPSA) is 41.1 Å². The van der Waals surface area contributed by atoms with Crippen LogP contribution in [0.2, 0.25) is 0 Å². The van der Waals surface area contributed by atoms with Gasteiger partial charge in [-0.2, -0.15) is 0 Å². The first-order valence-electron chi connectivity index (χ1n) is 4.82. The van der Waals surface area contributed by atoms with E-state index in [1.807, 2.05) is 0 Å². The third-order valence-corrected chi connectivity index (χ3v) is 2.24. The van der Waals surface area contributed by atoms with Gasteiger partial charge in [-0.3, -0.25) is 9.97 Å². The van der Waals surface area contributed by atoms with E-state index in [4.69, 9.17) is 0 Å². The van der Waals surface area contributed by atoms with Crippen LogP contribution in [0.15, 0.2) is 18.6 Å². The molecule has 4 heteroatoms. The lowest BCUT2D eigenvalue weighted by atomic mass is 10.3. The van der Waals surface area contributed by atoms with E-state index in [2.05, 4.69) is 41.2 Å². The Bertz CT molecular complexity index is 248. The Morgan fingerprint density at radius 1 is 1.43 bits per heavy atom. The van der Waals surface area contributed by atoms with Crippen LogP contribution in [0.5, 0.6) is 0 Å². The Hall–Kier alpha value is -1.00. The van der Waals surface area contributed by atoms with Gasteiger partial charge in [0.05, 0.1) is 5.69 Å². The second-order valence-electron chi connectivity index (χ2n) is 3.64. The maximum Gasteiger partial charge on any atom is 0.0724 e. The third-order valence-electron chi connectivity index (χ3n) is 2.24. The highest BCUT2D eigenvalue weighted by atomic mass is 15.1. The number of nitrogens with one attached hydrogen (secondary N) is 1. The van der Waals surface area contributed by atoms with E-state index in [0.717, 1.165) is 18.8 Å². The molecule has 0 saturated carbocycles. The number of rotatable bonds is 5. The van der Waals surface area contributed by atoms with Gasteiger partial charge in [-0.1, -0.05) is 0 Å². The molecule has 0 aliphatic heterocycles.